The number of carbonyl (C=O) groups is 1. The molecule has 1 heterocycles. The Balaban J connectivity index is 2.06. The summed E-state index contributed by atoms with van der Waals surface area (Å²) in [5.41, 5.74) is 2.14. The molecule has 4 nitrogen and oxygen atoms in total. The third-order valence-corrected chi connectivity index (χ3v) is 2.18. The van der Waals surface area contributed by atoms with E-state index in [0.717, 1.165) is 6.54 Å². The molecule has 0 saturated carbocycles. The molecule has 0 bridgehead atoms. The summed E-state index contributed by atoms with van der Waals surface area (Å²) in [7, 11) is 0. The summed E-state index contributed by atoms with van der Waals surface area (Å²) in [5, 5.41) is 0. The molecule has 0 atom stereocenters. The number of amides is 1. The largest absolute Gasteiger partial charge is 0.334 e. The van der Waals surface area contributed by atoms with Crippen LogP contribution in [0.25, 0.3) is 0 Å². The van der Waals surface area contributed by atoms with Gasteiger partial charge in [0.05, 0.1) is 26.1 Å². The van der Waals surface area contributed by atoms with Crippen molar-refractivity contribution in [3.63, 3.8) is 0 Å². The van der Waals surface area contributed by atoms with E-state index in [0.29, 0.717) is 6.42 Å². The maximum absolute atomic E-state index is 10.7. The van der Waals surface area contributed by atoms with Gasteiger partial charge in [-0.2, -0.15) is 0 Å². The van der Waals surface area contributed by atoms with Crippen molar-refractivity contribution < 1.29 is 9.69 Å². The van der Waals surface area contributed by atoms with Gasteiger partial charge in [-0.15, -0.1) is 0 Å². The standard InChI is InChI=1S/C7H15N3O/c8-9-7(11)3-6-10-4-1-2-5-10/h1-6,8H2,(H,9,11)/p+1. The van der Waals surface area contributed by atoms with E-state index in [1.807, 2.05) is 0 Å². The Morgan fingerprint density at radius 2 is 2.09 bits per heavy atom. The highest BCUT2D eigenvalue weighted by atomic mass is 16.2. The lowest BCUT2D eigenvalue weighted by Crippen LogP contribution is -3.10. The summed E-state index contributed by atoms with van der Waals surface area (Å²) in [6.45, 7) is 3.37. The quantitative estimate of drug-likeness (QED) is 0.254. The maximum Gasteiger partial charge on any atom is 0.239 e. The number of rotatable bonds is 3. The highest BCUT2D eigenvalue weighted by Crippen LogP contribution is 1.87. The second kappa shape index (κ2) is 4.31. The summed E-state index contributed by atoms with van der Waals surface area (Å²) < 4.78 is 0. The molecule has 4 heteroatoms. The molecule has 1 saturated heterocycles. The number of likely N-dealkylation sites (tertiary alicyclic amines) is 1. The van der Waals surface area contributed by atoms with Crippen LogP contribution in [0.1, 0.15) is 19.3 Å². The van der Waals surface area contributed by atoms with Crippen LogP contribution in [0.2, 0.25) is 0 Å². The van der Waals surface area contributed by atoms with Crippen molar-refractivity contribution >= 4 is 5.91 Å². The molecule has 11 heavy (non-hydrogen) atoms. The van der Waals surface area contributed by atoms with Crippen molar-refractivity contribution in [2.24, 2.45) is 5.84 Å². The van der Waals surface area contributed by atoms with Gasteiger partial charge in [-0.25, -0.2) is 5.84 Å². The fraction of sp³-hybridized carbons (Fsp3) is 0.857. The minimum atomic E-state index is -0.0515. The molecule has 0 radical (unpaired) electrons. The molecular formula is C7H16N3O+. The zero-order valence-electron chi connectivity index (χ0n) is 6.73. The Morgan fingerprint density at radius 3 is 2.64 bits per heavy atom. The van der Waals surface area contributed by atoms with Crippen LogP contribution in [0.3, 0.4) is 0 Å². The number of hydrogen-bond acceptors (Lipinski definition) is 2. The normalized spacial score (nSPS) is 18.6. The SMILES string of the molecule is NNC(=O)CC[NH+]1CCCC1. The first kappa shape index (κ1) is 8.49. The number of carbonyl (C=O) groups excluding carboxylic acids is 1. The first-order valence-corrected chi connectivity index (χ1v) is 4.16. The van der Waals surface area contributed by atoms with Gasteiger partial charge in [0, 0.05) is 12.8 Å². The van der Waals surface area contributed by atoms with E-state index in [2.05, 4.69) is 5.43 Å². The Bertz CT molecular complexity index is 132. The van der Waals surface area contributed by atoms with Crippen LogP contribution in [0, 0.1) is 0 Å². The van der Waals surface area contributed by atoms with Crippen molar-refractivity contribution in [1.29, 1.82) is 0 Å². The van der Waals surface area contributed by atoms with Gasteiger partial charge in [-0.05, 0) is 0 Å². The molecule has 0 aliphatic carbocycles. The highest BCUT2D eigenvalue weighted by molar-refractivity contribution is 5.75. The van der Waals surface area contributed by atoms with E-state index in [-0.39, 0.29) is 5.91 Å². The van der Waals surface area contributed by atoms with Crippen molar-refractivity contribution in [3.8, 4) is 0 Å². The predicted octanol–water partition coefficient (Wildman–Crippen LogP) is -1.95. The van der Waals surface area contributed by atoms with Gasteiger partial charge in [0.15, 0.2) is 0 Å². The molecule has 0 aromatic heterocycles. The lowest BCUT2D eigenvalue weighted by Gasteiger charge is -2.10. The van der Waals surface area contributed by atoms with Crippen molar-refractivity contribution in [3.05, 3.63) is 0 Å². The minimum Gasteiger partial charge on any atom is -0.334 e. The van der Waals surface area contributed by atoms with Crippen LogP contribution >= 0.6 is 0 Å². The third kappa shape index (κ3) is 2.86. The number of nitrogens with one attached hydrogen (secondary N) is 2. The second-order valence-electron chi connectivity index (χ2n) is 3.02. The van der Waals surface area contributed by atoms with Gasteiger partial charge in [-0.3, -0.25) is 10.2 Å². The van der Waals surface area contributed by atoms with E-state index >= 15 is 0 Å². The monoisotopic (exact) mass is 158 g/mol. The van der Waals surface area contributed by atoms with Crippen molar-refractivity contribution in [2.45, 2.75) is 19.3 Å². The molecule has 1 amide bonds. The number of quaternary nitrogens is 1. The van der Waals surface area contributed by atoms with Crippen LogP contribution in [0.5, 0.6) is 0 Å². The van der Waals surface area contributed by atoms with Gasteiger partial charge in [0.2, 0.25) is 5.91 Å². The number of nitrogens with two attached hydrogens (primary N) is 1. The van der Waals surface area contributed by atoms with E-state index in [4.69, 9.17) is 5.84 Å². The molecule has 0 aromatic rings. The molecular weight excluding hydrogens is 142 g/mol. The zero-order valence-corrected chi connectivity index (χ0v) is 6.73. The van der Waals surface area contributed by atoms with Crippen LogP contribution in [0.15, 0.2) is 0 Å². The lowest BCUT2D eigenvalue weighted by atomic mass is 10.4. The molecule has 1 aliphatic heterocycles. The average molecular weight is 158 g/mol. The van der Waals surface area contributed by atoms with Crippen LogP contribution < -0.4 is 16.2 Å². The van der Waals surface area contributed by atoms with Crippen LogP contribution in [-0.4, -0.2) is 25.5 Å². The predicted molar refractivity (Wildman–Crippen MR) is 41.7 cm³/mol. The first-order chi connectivity index (χ1) is 5.33. The fourth-order valence-corrected chi connectivity index (χ4v) is 1.49. The first-order valence-electron chi connectivity index (χ1n) is 4.16. The Labute approximate surface area is 66.7 Å². The smallest absolute Gasteiger partial charge is 0.239 e. The molecule has 1 aliphatic rings. The van der Waals surface area contributed by atoms with Crippen molar-refractivity contribution in [1.82, 2.24) is 5.43 Å². The van der Waals surface area contributed by atoms with Gasteiger partial charge < -0.3 is 4.90 Å². The second-order valence-corrected chi connectivity index (χ2v) is 3.02. The van der Waals surface area contributed by atoms with E-state index < -0.39 is 0 Å². The molecule has 0 aromatic carbocycles. The highest BCUT2D eigenvalue weighted by Gasteiger charge is 2.15. The van der Waals surface area contributed by atoms with E-state index in [1.54, 1.807) is 0 Å². The molecule has 64 valence electrons. The number of hydrogen-bond donors (Lipinski definition) is 3. The molecule has 1 rings (SSSR count). The summed E-state index contributed by atoms with van der Waals surface area (Å²) in [4.78, 5) is 12.3. The third-order valence-electron chi connectivity index (χ3n) is 2.18. The van der Waals surface area contributed by atoms with Crippen LogP contribution in [0.4, 0.5) is 0 Å². The Kier molecular flexibility index (Phi) is 3.32. The molecule has 0 unspecified atom stereocenters. The molecule has 4 N–H and O–H groups in total. The topological polar surface area (TPSA) is 59.6 Å². The maximum atomic E-state index is 10.7. The average Bonchev–Trinajstić information content (AvgIpc) is 2.52. The Hall–Kier alpha value is -0.610. The van der Waals surface area contributed by atoms with Gasteiger partial charge in [0.1, 0.15) is 0 Å². The van der Waals surface area contributed by atoms with E-state index in [1.165, 1.54) is 30.8 Å². The Morgan fingerprint density at radius 1 is 1.45 bits per heavy atom. The molecule has 1 fully saturated rings. The molecule has 0 spiro atoms. The lowest BCUT2D eigenvalue weighted by molar-refractivity contribution is -0.886. The van der Waals surface area contributed by atoms with Gasteiger partial charge >= 0.3 is 0 Å². The van der Waals surface area contributed by atoms with E-state index in [9.17, 15) is 4.79 Å². The van der Waals surface area contributed by atoms with Crippen LogP contribution in [-0.2, 0) is 4.79 Å². The zero-order chi connectivity index (χ0) is 8.10. The summed E-state index contributed by atoms with van der Waals surface area (Å²) in [6.07, 6.45) is 3.17. The number of hydrazine groups is 1. The van der Waals surface area contributed by atoms with Gasteiger partial charge in [0.25, 0.3) is 0 Å². The summed E-state index contributed by atoms with van der Waals surface area (Å²) >= 11 is 0. The van der Waals surface area contributed by atoms with Crippen molar-refractivity contribution in [2.75, 3.05) is 19.6 Å². The summed E-state index contributed by atoms with van der Waals surface area (Å²) in [6, 6.07) is 0. The fourth-order valence-electron chi connectivity index (χ4n) is 1.49. The van der Waals surface area contributed by atoms with Gasteiger partial charge in [-0.1, -0.05) is 0 Å². The summed E-state index contributed by atoms with van der Waals surface area (Å²) in [5.74, 6) is 4.90. The minimum absolute atomic E-state index is 0.0515.